The molecule has 0 saturated heterocycles. The Kier molecular flexibility index (Phi) is 2.98. The van der Waals surface area contributed by atoms with E-state index in [-0.39, 0.29) is 5.02 Å². The second kappa shape index (κ2) is 4.30. The van der Waals surface area contributed by atoms with E-state index in [1.54, 1.807) is 19.9 Å². The van der Waals surface area contributed by atoms with Crippen molar-refractivity contribution in [1.29, 1.82) is 0 Å². The van der Waals surface area contributed by atoms with Gasteiger partial charge in [0.1, 0.15) is 11.6 Å². The molecule has 1 aromatic carbocycles. The Morgan fingerprint density at radius 3 is 2.59 bits per heavy atom. The lowest BCUT2D eigenvalue weighted by Gasteiger charge is -2.09. The first-order valence-corrected chi connectivity index (χ1v) is 5.43. The highest BCUT2D eigenvalue weighted by molar-refractivity contribution is 6.31. The molecule has 3 nitrogen and oxygen atoms in total. The third-order valence-corrected chi connectivity index (χ3v) is 2.73. The normalized spacial score (nSPS) is 10.6. The molecule has 0 aliphatic rings. The number of nitrogens with two attached hydrogens (primary N) is 1. The van der Waals surface area contributed by atoms with Crippen molar-refractivity contribution in [1.82, 2.24) is 9.97 Å². The van der Waals surface area contributed by atoms with Gasteiger partial charge < -0.3 is 5.73 Å². The van der Waals surface area contributed by atoms with Crippen LogP contribution < -0.4 is 5.73 Å². The number of aromatic nitrogens is 2. The number of rotatable bonds is 1. The van der Waals surface area contributed by atoms with Gasteiger partial charge in [0.25, 0.3) is 0 Å². The molecule has 0 fully saturated rings. The Labute approximate surface area is 103 Å². The first-order chi connectivity index (χ1) is 7.99. The van der Waals surface area contributed by atoms with E-state index in [0.29, 0.717) is 28.5 Å². The molecule has 1 heterocycles. The quantitative estimate of drug-likeness (QED) is 0.847. The van der Waals surface area contributed by atoms with Crippen LogP contribution in [0, 0.1) is 19.7 Å². The molecule has 0 unspecified atom stereocenters. The average molecular weight is 252 g/mol. The fourth-order valence-corrected chi connectivity index (χ4v) is 1.77. The maximum Gasteiger partial charge on any atom is 0.141 e. The minimum Gasteiger partial charge on any atom is -0.395 e. The van der Waals surface area contributed by atoms with Crippen molar-refractivity contribution in [3.05, 3.63) is 40.6 Å². The van der Waals surface area contributed by atoms with Crippen molar-refractivity contribution >= 4 is 17.3 Å². The molecule has 0 aliphatic carbocycles. The van der Waals surface area contributed by atoms with Crippen LogP contribution >= 0.6 is 11.6 Å². The molecule has 1 aromatic heterocycles. The molecular weight excluding hydrogens is 241 g/mol. The van der Waals surface area contributed by atoms with Crippen molar-refractivity contribution in [2.45, 2.75) is 13.8 Å². The lowest BCUT2D eigenvalue weighted by atomic mass is 10.1. The topological polar surface area (TPSA) is 51.8 Å². The number of nitrogen functional groups attached to an aromatic ring is 1. The Morgan fingerprint density at radius 2 is 1.94 bits per heavy atom. The zero-order chi connectivity index (χ0) is 12.6. The fourth-order valence-electron chi connectivity index (χ4n) is 1.58. The summed E-state index contributed by atoms with van der Waals surface area (Å²) in [5.41, 5.74) is 8.36. The van der Waals surface area contributed by atoms with E-state index in [1.165, 1.54) is 12.1 Å². The average Bonchev–Trinajstić information content (AvgIpc) is 2.27. The van der Waals surface area contributed by atoms with Gasteiger partial charge >= 0.3 is 0 Å². The summed E-state index contributed by atoms with van der Waals surface area (Å²) in [7, 11) is 0. The largest absolute Gasteiger partial charge is 0.395 e. The number of anilines is 1. The van der Waals surface area contributed by atoms with Gasteiger partial charge in [-0.1, -0.05) is 11.6 Å². The van der Waals surface area contributed by atoms with Gasteiger partial charge in [-0.25, -0.2) is 14.4 Å². The smallest absolute Gasteiger partial charge is 0.141 e. The van der Waals surface area contributed by atoms with E-state index in [2.05, 4.69) is 9.97 Å². The summed E-state index contributed by atoms with van der Waals surface area (Å²) in [6, 6.07) is 4.40. The van der Waals surface area contributed by atoms with E-state index < -0.39 is 5.82 Å². The van der Waals surface area contributed by atoms with E-state index in [1.807, 2.05) is 0 Å². The predicted molar refractivity (Wildman–Crippen MR) is 66.3 cm³/mol. The molecule has 0 bridgehead atoms. The van der Waals surface area contributed by atoms with Gasteiger partial charge in [-0.3, -0.25) is 0 Å². The summed E-state index contributed by atoms with van der Waals surface area (Å²) >= 11 is 5.74. The molecule has 0 spiro atoms. The van der Waals surface area contributed by atoms with Gasteiger partial charge in [0.15, 0.2) is 0 Å². The van der Waals surface area contributed by atoms with Crippen LogP contribution in [0.5, 0.6) is 0 Å². The second-order valence-corrected chi connectivity index (χ2v) is 4.15. The highest BCUT2D eigenvalue weighted by atomic mass is 35.5. The standard InChI is InChI=1S/C12H11ClFN3/c1-6-11(15)12(17-7(2)16-6)8-3-4-10(14)9(13)5-8/h3-5H,15H2,1-2H3. The molecule has 0 saturated carbocycles. The second-order valence-electron chi connectivity index (χ2n) is 3.75. The monoisotopic (exact) mass is 251 g/mol. The van der Waals surface area contributed by atoms with Gasteiger partial charge in [-0.05, 0) is 32.0 Å². The van der Waals surface area contributed by atoms with Crippen molar-refractivity contribution in [3.63, 3.8) is 0 Å². The molecule has 5 heteroatoms. The van der Waals surface area contributed by atoms with Gasteiger partial charge in [0.05, 0.1) is 22.1 Å². The van der Waals surface area contributed by atoms with Crippen LogP contribution in [0.25, 0.3) is 11.3 Å². The van der Waals surface area contributed by atoms with Gasteiger partial charge in [0, 0.05) is 5.56 Å². The van der Waals surface area contributed by atoms with Crippen LogP contribution in [0.2, 0.25) is 5.02 Å². The van der Waals surface area contributed by atoms with Crippen molar-refractivity contribution in [2.24, 2.45) is 0 Å². The Bertz CT molecular complexity index is 584. The Morgan fingerprint density at radius 1 is 1.24 bits per heavy atom. The number of halogens is 2. The molecule has 0 radical (unpaired) electrons. The van der Waals surface area contributed by atoms with Crippen molar-refractivity contribution < 1.29 is 4.39 Å². The van der Waals surface area contributed by atoms with Crippen LogP contribution in [0.4, 0.5) is 10.1 Å². The molecule has 0 atom stereocenters. The molecule has 2 aromatic rings. The lowest BCUT2D eigenvalue weighted by Crippen LogP contribution is -2.02. The van der Waals surface area contributed by atoms with E-state index in [4.69, 9.17) is 17.3 Å². The fraction of sp³-hybridized carbons (Fsp3) is 0.167. The molecule has 0 amide bonds. The minimum absolute atomic E-state index is 0.0517. The predicted octanol–water partition coefficient (Wildman–Crippen LogP) is 3.14. The summed E-state index contributed by atoms with van der Waals surface area (Å²) < 4.78 is 13.1. The third kappa shape index (κ3) is 2.22. The summed E-state index contributed by atoms with van der Waals surface area (Å²) in [6.45, 7) is 3.58. The molecular formula is C12H11ClFN3. The number of benzene rings is 1. The van der Waals surface area contributed by atoms with Crippen molar-refractivity contribution in [3.8, 4) is 11.3 Å². The summed E-state index contributed by atoms with van der Waals surface area (Å²) in [5.74, 6) is 0.156. The van der Waals surface area contributed by atoms with Crippen LogP contribution in [0.15, 0.2) is 18.2 Å². The van der Waals surface area contributed by atoms with E-state index in [9.17, 15) is 4.39 Å². The van der Waals surface area contributed by atoms with Crippen LogP contribution in [-0.4, -0.2) is 9.97 Å². The highest BCUT2D eigenvalue weighted by Crippen LogP contribution is 2.28. The molecule has 17 heavy (non-hydrogen) atoms. The molecule has 88 valence electrons. The van der Waals surface area contributed by atoms with Crippen molar-refractivity contribution in [2.75, 3.05) is 5.73 Å². The number of hydrogen-bond acceptors (Lipinski definition) is 3. The summed E-state index contributed by atoms with van der Waals surface area (Å²) in [4.78, 5) is 8.41. The van der Waals surface area contributed by atoms with Gasteiger partial charge in [-0.15, -0.1) is 0 Å². The Hall–Kier alpha value is -1.68. The number of hydrogen-bond donors (Lipinski definition) is 1. The summed E-state index contributed by atoms with van der Waals surface area (Å²) in [5, 5.41) is 0.0517. The third-order valence-electron chi connectivity index (χ3n) is 2.44. The molecule has 2 rings (SSSR count). The lowest BCUT2D eigenvalue weighted by molar-refractivity contribution is 0.628. The summed E-state index contributed by atoms with van der Waals surface area (Å²) in [6.07, 6.45) is 0. The van der Waals surface area contributed by atoms with E-state index >= 15 is 0 Å². The SMILES string of the molecule is Cc1nc(C)c(N)c(-c2ccc(F)c(Cl)c2)n1. The number of nitrogens with zero attached hydrogens (tertiary/aromatic N) is 2. The van der Waals surface area contributed by atoms with Crippen LogP contribution in [0.1, 0.15) is 11.5 Å². The minimum atomic E-state index is -0.462. The van der Waals surface area contributed by atoms with Gasteiger partial charge in [0.2, 0.25) is 0 Å². The van der Waals surface area contributed by atoms with Crippen LogP contribution in [-0.2, 0) is 0 Å². The van der Waals surface area contributed by atoms with E-state index in [0.717, 1.165) is 0 Å². The van der Waals surface area contributed by atoms with Crippen LogP contribution in [0.3, 0.4) is 0 Å². The maximum atomic E-state index is 13.1. The first-order valence-electron chi connectivity index (χ1n) is 5.05. The van der Waals surface area contributed by atoms with Gasteiger partial charge in [-0.2, -0.15) is 0 Å². The highest BCUT2D eigenvalue weighted by Gasteiger charge is 2.11. The first kappa shape index (κ1) is 11.8. The molecule has 0 aliphatic heterocycles. The Balaban J connectivity index is 2.64. The zero-order valence-corrected chi connectivity index (χ0v) is 10.2. The molecule has 2 N–H and O–H groups in total. The number of aryl methyl sites for hydroxylation is 2. The zero-order valence-electron chi connectivity index (χ0n) is 9.46. The maximum absolute atomic E-state index is 13.1.